The van der Waals surface area contributed by atoms with Crippen molar-refractivity contribution in [3.05, 3.63) is 77.0 Å². The first kappa shape index (κ1) is 21.8. The molecule has 1 N–H and O–H groups in total. The van der Waals surface area contributed by atoms with Gasteiger partial charge >= 0.3 is 0 Å². The fourth-order valence-electron chi connectivity index (χ4n) is 4.21. The molecule has 1 aliphatic heterocycles. The molecule has 1 saturated carbocycles. The second kappa shape index (κ2) is 9.81. The van der Waals surface area contributed by atoms with Gasteiger partial charge in [-0.1, -0.05) is 48.5 Å². The lowest BCUT2D eigenvalue weighted by Crippen LogP contribution is -2.37. The van der Waals surface area contributed by atoms with Crippen molar-refractivity contribution < 1.29 is 19.1 Å². The Morgan fingerprint density at radius 3 is 2.53 bits per heavy atom. The highest BCUT2D eigenvalue weighted by Crippen LogP contribution is 2.43. The van der Waals surface area contributed by atoms with E-state index in [2.05, 4.69) is 10.3 Å². The first-order chi connectivity index (χ1) is 15.6. The molecule has 32 heavy (non-hydrogen) atoms. The van der Waals surface area contributed by atoms with E-state index < -0.39 is 0 Å². The first-order valence-corrected chi connectivity index (χ1v) is 11.0. The van der Waals surface area contributed by atoms with E-state index in [1.807, 2.05) is 68.4 Å². The molecule has 2 unspecified atom stereocenters. The molecule has 1 fully saturated rings. The maximum Gasteiger partial charge on any atom is 0.293 e. The van der Waals surface area contributed by atoms with Gasteiger partial charge in [0.1, 0.15) is 12.4 Å². The summed E-state index contributed by atoms with van der Waals surface area (Å²) in [4.78, 5) is 28.9. The van der Waals surface area contributed by atoms with Crippen LogP contribution in [0.4, 0.5) is 0 Å². The third-order valence-electron chi connectivity index (χ3n) is 5.98. The summed E-state index contributed by atoms with van der Waals surface area (Å²) in [6, 6.07) is 17.9. The summed E-state index contributed by atoms with van der Waals surface area (Å²) in [5.41, 5.74) is 4.07. The number of carbonyl (C=O) groups is 2. The molecule has 6 heteroatoms. The Bertz CT molecular complexity index is 1040. The van der Waals surface area contributed by atoms with E-state index in [-0.39, 0.29) is 30.4 Å². The van der Waals surface area contributed by atoms with Gasteiger partial charge in [-0.2, -0.15) is 0 Å². The van der Waals surface area contributed by atoms with Crippen LogP contribution in [0.25, 0.3) is 0 Å². The van der Waals surface area contributed by atoms with Gasteiger partial charge in [-0.15, -0.1) is 0 Å². The highest BCUT2D eigenvalue weighted by molar-refractivity contribution is 6.00. The molecule has 1 aliphatic carbocycles. The Labute approximate surface area is 188 Å². The van der Waals surface area contributed by atoms with Gasteiger partial charge in [0, 0.05) is 40.4 Å². The number of nitrogens with one attached hydrogen (secondary N) is 1. The molecule has 2 atom stereocenters. The van der Waals surface area contributed by atoms with Crippen LogP contribution in [0.1, 0.15) is 43.7 Å². The van der Waals surface area contributed by atoms with E-state index in [0.29, 0.717) is 30.1 Å². The number of carbonyl (C=O) groups excluding carboxylic acids is 2. The molecule has 4 rings (SSSR count). The monoisotopic (exact) mass is 432 g/mol. The molecule has 0 aromatic heterocycles. The lowest BCUT2D eigenvalue weighted by atomic mass is 9.75. The van der Waals surface area contributed by atoms with Crippen molar-refractivity contribution in [3.8, 4) is 5.75 Å². The summed E-state index contributed by atoms with van der Waals surface area (Å²) in [5.74, 6) is 0.000366. The minimum atomic E-state index is -0.335. The van der Waals surface area contributed by atoms with Crippen LogP contribution in [0.15, 0.2) is 70.9 Å². The normalized spacial score (nSPS) is 20.4. The summed E-state index contributed by atoms with van der Waals surface area (Å²) in [6.45, 7) is 4.78. The van der Waals surface area contributed by atoms with Crippen molar-refractivity contribution in [3.63, 3.8) is 0 Å². The lowest BCUT2D eigenvalue weighted by molar-refractivity contribution is -0.129. The van der Waals surface area contributed by atoms with Gasteiger partial charge < -0.3 is 14.8 Å². The lowest BCUT2D eigenvalue weighted by Gasteiger charge is -2.33. The Kier molecular flexibility index (Phi) is 6.69. The van der Waals surface area contributed by atoms with Gasteiger partial charge in [-0.25, -0.2) is 0 Å². The molecule has 6 nitrogen and oxygen atoms in total. The smallest absolute Gasteiger partial charge is 0.293 e. The molecule has 1 amide bonds. The van der Waals surface area contributed by atoms with Crippen molar-refractivity contribution in [2.45, 2.75) is 45.3 Å². The molecule has 166 valence electrons. The second-order valence-electron chi connectivity index (χ2n) is 8.33. The molecule has 2 aromatic rings. The van der Waals surface area contributed by atoms with Crippen LogP contribution in [0, 0.1) is 5.92 Å². The van der Waals surface area contributed by atoms with E-state index in [1.54, 1.807) is 0 Å². The number of ether oxygens (including phenoxy) is 2. The van der Waals surface area contributed by atoms with Gasteiger partial charge in [-0.3, -0.25) is 14.6 Å². The Balaban J connectivity index is 1.71. The minimum Gasteiger partial charge on any atom is -0.489 e. The van der Waals surface area contributed by atoms with E-state index in [4.69, 9.17) is 9.47 Å². The zero-order chi connectivity index (χ0) is 22.5. The molecule has 1 heterocycles. The van der Waals surface area contributed by atoms with E-state index in [1.165, 1.54) is 0 Å². The quantitative estimate of drug-likeness (QED) is 0.604. The Morgan fingerprint density at radius 2 is 1.81 bits per heavy atom. The first-order valence-electron chi connectivity index (χ1n) is 11.0. The molecule has 0 saturated heterocycles. The summed E-state index contributed by atoms with van der Waals surface area (Å²) in [6.07, 6.45) is 2.00. The average molecular weight is 433 g/mol. The number of aliphatic imine (C=N–C) groups is 1. The van der Waals surface area contributed by atoms with Crippen LogP contribution in [0.2, 0.25) is 0 Å². The Hall–Kier alpha value is -3.41. The molecule has 2 aromatic carbocycles. The number of allylic oxidation sites excluding steroid dienone is 1. The van der Waals surface area contributed by atoms with Crippen LogP contribution < -0.4 is 10.1 Å². The summed E-state index contributed by atoms with van der Waals surface area (Å²) in [7, 11) is 0. The van der Waals surface area contributed by atoms with E-state index in [0.717, 1.165) is 29.7 Å². The number of hydrogen-bond donors (Lipinski definition) is 1. The number of amides is 1. The van der Waals surface area contributed by atoms with Crippen LogP contribution in [-0.4, -0.2) is 30.7 Å². The van der Waals surface area contributed by atoms with Crippen LogP contribution >= 0.6 is 0 Å². The number of benzene rings is 2. The van der Waals surface area contributed by atoms with Crippen LogP contribution in [0.5, 0.6) is 5.75 Å². The number of nitrogens with zero attached hydrogens (tertiary/aromatic N) is 1. The predicted molar refractivity (Wildman–Crippen MR) is 122 cm³/mol. The van der Waals surface area contributed by atoms with Crippen molar-refractivity contribution in [1.82, 2.24) is 5.32 Å². The standard InChI is InChI=1S/C26H28N2O4/c1-17-22(15-31-16-29)25(24(18(2)27-17)26(30)28-20-12-13-20)21-10-6-7-11-23(21)32-14-19-8-4-3-5-9-19/h3-11,16,20,22,25H,12-15H2,1-2H3,(H,28,30). The Morgan fingerprint density at radius 1 is 1.09 bits per heavy atom. The van der Waals surface area contributed by atoms with Gasteiger partial charge in [0.15, 0.2) is 0 Å². The van der Waals surface area contributed by atoms with Crippen LogP contribution in [0.3, 0.4) is 0 Å². The summed E-state index contributed by atoms with van der Waals surface area (Å²) < 4.78 is 11.4. The topological polar surface area (TPSA) is 77.0 Å². The van der Waals surface area contributed by atoms with E-state index >= 15 is 0 Å². The van der Waals surface area contributed by atoms with Crippen LogP contribution in [-0.2, 0) is 20.9 Å². The van der Waals surface area contributed by atoms with Gasteiger partial charge in [0.25, 0.3) is 6.47 Å². The second-order valence-corrected chi connectivity index (χ2v) is 8.33. The van der Waals surface area contributed by atoms with Gasteiger partial charge in [-0.05, 0) is 38.3 Å². The summed E-state index contributed by atoms with van der Waals surface area (Å²) in [5, 5.41) is 3.11. The van der Waals surface area contributed by atoms with Gasteiger partial charge in [0.05, 0.1) is 6.61 Å². The summed E-state index contributed by atoms with van der Waals surface area (Å²) >= 11 is 0. The molecule has 2 aliphatic rings. The average Bonchev–Trinajstić information content (AvgIpc) is 3.61. The SMILES string of the molecule is CC1=NC(C)=C(C(=O)NC2CC2)C(c2ccccc2OCc2ccccc2)C1COC=O. The zero-order valence-corrected chi connectivity index (χ0v) is 18.4. The molecule has 0 spiro atoms. The fourth-order valence-corrected chi connectivity index (χ4v) is 4.21. The molecule has 0 bridgehead atoms. The fraction of sp³-hybridized carbons (Fsp3) is 0.346. The highest BCUT2D eigenvalue weighted by Gasteiger charge is 2.39. The molecule has 0 radical (unpaired) electrons. The number of rotatable bonds is 9. The zero-order valence-electron chi connectivity index (χ0n) is 18.4. The van der Waals surface area contributed by atoms with Crippen molar-refractivity contribution >= 4 is 18.1 Å². The highest BCUT2D eigenvalue weighted by atomic mass is 16.5. The third kappa shape index (κ3) is 4.90. The predicted octanol–water partition coefficient (Wildman–Crippen LogP) is 4.17. The van der Waals surface area contributed by atoms with Crippen molar-refractivity contribution in [2.24, 2.45) is 10.9 Å². The number of para-hydroxylation sites is 1. The van der Waals surface area contributed by atoms with Crippen molar-refractivity contribution in [2.75, 3.05) is 6.61 Å². The van der Waals surface area contributed by atoms with E-state index in [9.17, 15) is 9.59 Å². The third-order valence-corrected chi connectivity index (χ3v) is 5.98. The maximum absolute atomic E-state index is 13.3. The largest absolute Gasteiger partial charge is 0.489 e. The van der Waals surface area contributed by atoms with Crippen molar-refractivity contribution in [1.29, 1.82) is 0 Å². The maximum atomic E-state index is 13.3. The molecular weight excluding hydrogens is 404 g/mol. The number of hydrogen-bond acceptors (Lipinski definition) is 5. The van der Waals surface area contributed by atoms with Gasteiger partial charge in [0.2, 0.25) is 5.91 Å². The molecular formula is C26H28N2O4. The minimum absolute atomic E-state index is 0.111.